The van der Waals surface area contributed by atoms with E-state index in [4.69, 9.17) is 4.74 Å². The lowest BCUT2D eigenvalue weighted by atomic mass is 9.77. The maximum atomic E-state index is 14.2. The van der Waals surface area contributed by atoms with E-state index in [0.29, 0.717) is 5.56 Å². The van der Waals surface area contributed by atoms with Crippen LogP contribution in [0.4, 0.5) is 13.2 Å². The van der Waals surface area contributed by atoms with Gasteiger partial charge >= 0.3 is 6.18 Å². The van der Waals surface area contributed by atoms with Crippen LogP contribution in [0.3, 0.4) is 0 Å². The van der Waals surface area contributed by atoms with Gasteiger partial charge in [-0.2, -0.15) is 13.2 Å². The lowest BCUT2D eigenvalue weighted by Crippen LogP contribution is -2.52. The first-order valence-corrected chi connectivity index (χ1v) is 10.1. The van der Waals surface area contributed by atoms with Crippen molar-refractivity contribution < 1.29 is 17.9 Å². The molecule has 2 fully saturated rings. The summed E-state index contributed by atoms with van der Waals surface area (Å²) in [4.78, 5) is 2.13. The van der Waals surface area contributed by atoms with Crippen molar-refractivity contribution in [3.05, 3.63) is 71.8 Å². The SMILES string of the molecule is FC(F)(F)[C@@H]1C[C@H](c2ccccc2)O[C@H](N2CCCCC2)[C@H]1c1ccccc1. The Labute approximate surface area is 164 Å². The van der Waals surface area contributed by atoms with Crippen molar-refractivity contribution in [1.29, 1.82) is 0 Å². The van der Waals surface area contributed by atoms with Crippen LogP contribution in [0.25, 0.3) is 0 Å². The second-order valence-corrected chi connectivity index (χ2v) is 7.84. The van der Waals surface area contributed by atoms with Gasteiger partial charge in [0.05, 0.1) is 12.0 Å². The molecule has 0 unspecified atom stereocenters. The first-order chi connectivity index (χ1) is 13.5. The zero-order valence-electron chi connectivity index (χ0n) is 15.8. The highest BCUT2D eigenvalue weighted by molar-refractivity contribution is 5.25. The van der Waals surface area contributed by atoms with Crippen LogP contribution in [0.1, 0.15) is 48.8 Å². The summed E-state index contributed by atoms with van der Waals surface area (Å²) in [6, 6.07) is 18.4. The second-order valence-electron chi connectivity index (χ2n) is 7.84. The Morgan fingerprint density at radius 3 is 1.93 bits per heavy atom. The molecule has 0 radical (unpaired) electrons. The monoisotopic (exact) mass is 389 g/mol. The summed E-state index contributed by atoms with van der Waals surface area (Å²) in [5.41, 5.74) is 1.54. The zero-order valence-corrected chi connectivity index (χ0v) is 15.8. The molecule has 2 heterocycles. The van der Waals surface area contributed by atoms with Crippen molar-refractivity contribution in [3.8, 4) is 0 Å². The number of nitrogens with zero attached hydrogens (tertiary/aromatic N) is 1. The molecule has 2 aromatic rings. The Morgan fingerprint density at radius 1 is 0.786 bits per heavy atom. The molecule has 5 heteroatoms. The highest BCUT2D eigenvalue weighted by Gasteiger charge is 2.53. The Hall–Kier alpha value is -1.85. The summed E-state index contributed by atoms with van der Waals surface area (Å²) in [6.45, 7) is 1.58. The maximum absolute atomic E-state index is 14.2. The van der Waals surface area contributed by atoms with E-state index >= 15 is 0 Å². The van der Waals surface area contributed by atoms with E-state index in [0.717, 1.165) is 37.9 Å². The molecule has 4 rings (SSSR count). The number of rotatable bonds is 3. The first-order valence-electron chi connectivity index (χ1n) is 10.1. The highest BCUT2D eigenvalue weighted by Crippen LogP contribution is 2.51. The molecule has 0 saturated carbocycles. The van der Waals surface area contributed by atoms with Gasteiger partial charge in [0.15, 0.2) is 0 Å². The number of piperidine rings is 1. The largest absolute Gasteiger partial charge is 0.392 e. The van der Waals surface area contributed by atoms with Crippen LogP contribution in [0.5, 0.6) is 0 Å². The van der Waals surface area contributed by atoms with Crippen LogP contribution in [0.2, 0.25) is 0 Å². The Balaban J connectivity index is 1.74. The summed E-state index contributed by atoms with van der Waals surface area (Å²) in [5.74, 6) is -2.14. The molecule has 150 valence electrons. The van der Waals surface area contributed by atoms with E-state index < -0.39 is 30.3 Å². The number of hydrogen-bond acceptors (Lipinski definition) is 2. The van der Waals surface area contributed by atoms with Gasteiger partial charge in [-0.15, -0.1) is 0 Å². The minimum absolute atomic E-state index is 0.0442. The predicted molar refractivity (Wildman–Crippen MR) is 103 cm³/mol. The van der Waals surface area contributed by atoms with Gasteiger partial charge in [-0.25, -0.2) is 0 Å². The molecule has 2 aliphatic heterocycles. The lowest BCUT2D eigenvalue weighted by Gasteiger charge is -2.48. The first kappa shape index (κ1) is 19.5. The molecule has 28 heavy (non-hydrogen) atoms. The summed E-state index contributed by atoms with van der Waals surface area (Å²) in [5, 5.41) is 0. The number of hydrogen-bond donors (Lipinski definition) is 0. The normalized spacial score (nSPS) is 29.5. The van der Waals surface area contributed by atoms with E-state index in [1.807, 2.05) is 60.7 Å². The van der Waals surface area contributed by atoms with Crippen molar-refractivity contribution >= 4 is 0 Å². The summed E-state index contributed by atoms with van der Waals surface area (Å²) in [7, 11) is 0. The summed E-state index contributed by atoms with van der Waals surface area (Å²) in [6.07, 6.45) is -2.28. The third kappa shape index (κ3) is 4.11. The number of benzene rings is 2. The molecular formula is C23H26F3NO. The van der Waals surface area contributed by atoms with Gasteiger partial charge in [0.2, 0.25) is 0 Å². The molecule has 0 aliphatic carbocycles. The van der Waals surface area contributed by atoms with Crippen LogP contribution < -0.4 is 0 Å². The molecule has 0 bridgehead atoms. The van der Waals surface area contributed by atoms with E-state index in [1.54, 1.807) is 0 Å². The highest BCUT2D eigenvalue weighted by atomic mass is 19.4. The van der Waals surface area contributed by atoms with Gasteiger partial charge in [-0.3, -0.25) is 4.90 Å². The summed E-state index contributed by atoms with van der Waals surface area (Å²) >= 11 is 0. The maximum Gasteiger partial charge on any atom is 0.392 e. The molecule has 0 aromatic heterocycles. The smallest absolute Gasteiger partial charge is 0.355 e. The fraction of sp³-hybridized carbons (Fsp3) is 0.478. The number of halogens is 3. The predicted octanol–water partition coefficient (Wildman–Crippen LogP) is 5.92. The minimum atomic E-state index is -4.27. The van der Waals surface area contributed by atoms with E-state index in [2.05, 4.69) is 4.90 Å². The third-order valence-corrected chi connectivity index (χ3v) is 6.04. The fourth-order valence-electron chi connectivity index (χ4n) is 4.66. The van der Waals surface area contributed by atoms with Crippen molar-refractivity contribution in [1.82, 2.24) is 4.90 Å². The van der Waals surface area contributed by atoms with E-state index in [1.165, 1.54) is 0 Å². The molecule has 4 atom stereocenters. The van der Waals surface area contributed by atoms with Gasteiger partial charge in [-0.05, 0) is 30.4 Å². The van der Waals surface area contributed by atoms with Crippen molar-refractivity contribution in [3.63, 3.8) is 0 Å². The fourth-order valence-corrected chi connectivity index (χ4v) is 4.66. The van der Waals surface area contributed by atoms with Gasteiger partial charge in [0.25, 0.3) is 0 Å². The average molecular weight is 389 g/mol. The Morgan fingerprint density at radius 2 is 1.36 bits per heavy atom. The van der Waals surface area contributed by atoms with Crippen molar-refractivity contribution in [2.75, 3.05) is 13.1 Å². The lowest BCUT2D eigenvalue weighted by molar-refractivity contribution is -0.246. The molecular weight excluding hydrogens is 363 g/mol. The second kappa shape index (κ2) is 8.26. The van der Waals surface area contributed by atoms with Crippen LogP contribution in [-0.4, -0.2) is 30.4 Å². The molecule has 2 saturated heterocycles. The van der Waals surface area contributed by atoms with Crippen LogP contribution in [0.15, 0.2) is 60.7 Å². The van der Waals surface area contributed by atoms with Crippen molar-refractivity contribution in [2.45, 2.75) is 50.1 Å². The van der Waals surface area contributed by atoms with Crippen LogP contribution in [-0.2, 0) is 4.74 Å². The Kier molecular flexibility index (Phi) is 5.74. The Bertz CT molecular complexity index is 743. The number of ether oxygens (including phenoxy) is 1. The molecule has 2 nitrogen and oxygen atoms in total. The number of likely N-dealkylation sites (tertiary alicyclic amines) is 1. The van der Waals surface area contributed by atoms with E-state index in [-0.39, 0.29) is 6.42 Å². The molecule has 0 spiro atoms. The van der Waals surface area contributed by atoms with Crippen LogP contribution >= 0.6 is 0 Å². The quantitative estimate of drug-likeness (QED) is 0.646. The number of alkyl halides is 3. The molecule has 2 aliphatic rings. The third-order valence-electron chi connectivity index (χ3n) is 6.04. The minimum Gasteiger partial charge on any atom is -0.355 e. The topological polar surface area (TPSA) is 12.5 Å². The standard InChI is InChI=1S/C23H26F3NO/c24-23(25,26)19-16-20(17-10-4-1-5-11-17)28-22(27-14-8-3-9-15-27)21(19)18-12-6-2-7-13-18/h1-2,4-7,10-13,19-22H,3,8-9,14-16H2/t19-,20-,21+,22+/m1/s1. The van der Waals surface area contributed by atoms with Crippen LogP contribution in [0, 0.1) is 5.92 Å². The van der Waals surface area contributed by atoms with Gasteiger partial charge in [-0.1, -0.05) is 67.1 Å². The average Bonchev–Trinajstić information content (AvgIpc) is 2.74. The molecule has 0 N–H and O–H groups in total. The van der Waals surface area contributed by atoms with E-state index in [9.17, 15) is 13.2 Å². The van der Waals surface area contributed by atoms with Crippen molar-refractivity contribution in [2.24, 2.45) is 5.92 Å². The van der Waals surface area contributed by atoms with Gasteiger partial charge in [0.1, 0.15) is 6.23 Å². The van der Waals surface area contributed by atoms with Gasteiger partial charge < -0.3 is 4.74 Å². The summed E-state index contributed by atoms with van der Waals surface area (Å²) < 4.78 is 49.1. The zero-order chi connectivity index (χ0) is 19.6. The molecule has 0 amide bonds. The molecule has 2 aromatic carbocycles. The van der Waals surface area contributed by atoms with Gasteiger partial charge in [0, 0.05) is 19.0 Å².